The lowest BCUT2D eigenvalue weighted by atomic mass is 10.3. The Hall–Kier alpha value is -0.450. The van der Waals surface area contributed by atoms with Gasteiger partial charge in [-0.2, -0.15) is 0 Å². The van der Waals surface area contributed by atoms with Crippen LogP contribution in [0.15, 0.2) is 29.0 Å². The average molecular weight is 233 g/mol. The fraction of sp³-hybridized carbons (Fsp3) is 0.375. The second kappa shape index (κ2) is 4.54. The van der Waals surface area contributed by atoms with Crippen molar-refractivity contribution in [3.05, 3.63) is 29.0 Å². The molecule has 1 heterocycles. The van der Waals surface area contributed by atoms with E-state index in [1.165, 1.54) is 0 Å². The van der Waals surface area contributed by atoms with Crippen molar-refractivity contribution >= 4 is 15.9 Å². The Morgan fingerprint density at radius 3 is 2.92 bits per heavy atom. The molecule has 12 heavy (non-hydrogen) atoms. The van der Waals surface area contributed by atoms with Gasteiger partial charge in [-0.05, 0) is 22.0 Å². The summed E-state index contributed by atoms with van der Waals surface area (Å²) in [5.41, 5.74) is 0. The Bertz CT molecular complexity index is 255. The maximum atomic E-state index is 9.12. The molecule has 0 aliphatic rings. The number of aliphatic hydroxyl groups is 2. The van der Waals surface area contributed by atoms with Crippen LogP contribution in [0.3, 0.4) is 0 Å². The van der Waals surface area contributed by atoms with Gasteiger partial charge < -0.3 is 10.2 Å². The molecule has 0 aliphatic carbocycles. The predicted molar refractivity (Wildman–Crippen MR) is 47.4 cm³/mol. The van der Waals surface area contributed by atoms with Gasteiger partial charge in [0.15, 0.2) is 18.9 Å². The van der Waals surface area contributed by atoms with Crippen LogP contribution >= 0.6 is 15.9 Å². The second-order valence-corrected chi connectivity index (χ2v) is 3.47. The molecule has 0 radical (unpaired) electrons. The number of aliphatic hydroxyl groups excluding tert-OH is 2. The first kappa shape index (κ1) is 9.64. The Morgan fingerprint density at radius 1 is 1.58 bits per heavy atom. The third-order valence-corrected chi connectivity index (χ3v) is 1.92. The first-order valence-corrected chi connectivity index (χ1v) is 4.45. The highest BCUT2D eigenvalue weighted by Gasteiger charge is 2.08. The van der Waals surface area contributed by atoms with E-state index >= 15 is 0 Å². The predicted octanol–water partition coefficient (Wildman–Crippen LogP) is 0.0898. The van der Waals surface area contributed by atoms with Gasteiger partial charge in [0.05, 0.1) is 11.1 Å². The third-order valence-electron chi connectivity index (χ3n) is 1.45. The minimum absolute atomic E-state index is 0.209. The van der Waals surface area contributed by atoms with Crippen molar-refractivity contribution in [1.82, 2.24) is 0 Å². The summed E-state index contributed by atoms with van der Waals surface area (Å²) < 4.78 is 2.76. The van der Waals surface area contributed by atoms with Crippen molar-refractivity contribution < 1.29 is 14.8 Å². The van der Waals surface area contributed by atoms with Crippen molar-refractivity contribution in [3.63, 3.8) is 0 Å². The van der Waals surface area contributed by atoms with Gasteiger partial charge in [-0.3, -0.25) is 0 Å². The van der Waals surface area contributed by atoms with Crippen LogP contribution in [-0.2, 0) is 6.54 Å². The van der Waals surface area contributed by atoms with Crippen molar-refractivity contribution in [3.8, 4) is 0 Å². The number of rotatable bonds is 3. The average Bonchev–Trinajstić information content (AvgIpc) is 2.04. The van der Waals surface area contributed by atoms with Gasteiger partial charge in [-0.25, -0.2) is 4.57 Å². The molecule has 0 bridgehead atoms. The fourth-order valence-electron chi connectivity index (χ4n) is 0.905. The number of nitrogens with zero attached hydrogens (tertiary/aromatic N) is 1. The Labute approximate surface area is 79.4 Å². The lowest BCUT2D eigenvalue weighted by molar-refractivity contribution is -0.704. The van der Waals surface area contributed by atoms with Gasteiger partial charge >= 0.3 is 0 Å². The summed E-state index contributed by atoms with van der Waals surface area (Å²) in [4.78, 5) is 0. The van der Waals surface area contributed by atoms with Crippen LogP contribution in [0.5, 0.6) is 0 Å². The third kappa shape index (κ3) is 2.89. The van der Waals surface area contributed by atoms with Gasteiger partial charge in [0.1, 0.15) is 6.10 Å². The maximum Gasteiger partial charge on any atom is 0.183 e. The molecule has 66 valence electrons. The summed E-state index contributed by atoms with van der Waals surface area (Å²) in [6.45, 7) is 0.204. The molecule has 1 aromatic heterocycles. The molecule has 1 rings (SSSR count). The molecule has 0 amide bonds. The van der Waals surface area contributed by atoms with Crippen LogP contribution in [0.1, 0.15) is 0 Å². The molecule has 0 spiro atoms. The van der Waals surface area contributed by atoms with E-state index in [1.54, 1.807) is 0 Å². The normalized spacial score (nSPS) is 12.9. The molecule has 3 nitrogen and oxygen atoms in total. The first-order valence-electron chi connectivity index (χ1n) is 3.66. The molecule has 1 aromatic rings. The molecule has 1 atom stereocenters. The SMILES string of the molecule is OCC(O)C[n+]1cccc(Br)c1. The largest absolute Gasteiger partial charge is 0.393 e. The van der Waals surface area contributed by atoms with Crippen LogP contribution < -0.4 is 4.57 Å². The summed E-state index contributed by atoms with van der Waals surface area (Å²) in [5.74, 6) is 0. The Morgan fingerprint density at radius 2 is 2.33 bits per heavy atom. The van der Waals surface area contributed by atoms with Crippen molar-refractivity contribution in [1.29, 1.82) is 0 Å². The minimum Gasteiger partial charge on any atom is -0.393 e. The van der Waals surface area contributed by atoms with Gasteiger partial charge in [0.25, 0.3) is 0 Å². The van der Waals surface area contributed by atoms with E-state index in [2.05, 4.69) is 15.9 Å². The molecule has 4 heteroatoms. The van der Waals surface area contributed by atoms with Gasteiger partial charge in [-0.1, -0.05) is 0 Å². The zero-order valence-corrected chi connectivity index (χ0v) is 8.11. The summed E-state index contributed by atoms with van der Waals surface area (Å²) in [6.07, 6.45) is 2.99. The Balaban J connectivity index is 2.63. The smallest absolute Gasteiger partial charge is 0.183 e. The van der Waals surface area contributed by atoms with Crippen LogP contribution in [0.2, 0.25) is 0 Å². The molecular formula is C8H11BrNO2+. The summed E-state index contributed by atoms with van der Waals surface area (Å²) in [5, 5.41) is 17.7. The standard InChI is InChI=1S/C8H11BrNO2/c9-7-2-1-3-10(4-7)5-8(12)6-11/h1-4,8,11-12H,5-6H2/q+1. The second-order valence-electron chi connectivity index (χ2n) is 2.56. The van der Waals surface area contributed by atoms with E-state index < -0.39 is 6.10 Å². The number of pyridine rings is 1. The van der Waals surface area contributed by atoms with E-state index in [4.69, 9.17) is 10.2 Å². The number of hydrogen-bond acceptors (Lipinski definition) is 2. The summed E-state index contributed by atoms with van der Waals surface area (Å²) >= 11 is 3.31. The zero-order valence-electron chi connectivity index (χ0n) is 6.52. The van der Waals surface area contributed by atoms with Crippen molar-refractivity contribution in [2.24, 2.45) is 0 Å². The highest BCUT2D eigenvalue weighted by molar-refractivity contribution is 9.10. The molecule has 0 fully saturated rings. The topological polar surface area (TPSA) is 44.3 Å². The zero-order chi connectivity index (χ0) is 8.97. The molecule has 0 aliphatic heterocycles. The maximum absolute atomic E-state index is 9.12. The molecule has 0 saturated heterocycles. The minimum atomic E-state index is -0.690. The monoisotopic (exact) mass is 232 g/mol. The number of halogens is 1. The lowest BCUT2D eigenvalue weighted by Crippen LogP contribution is -2.40. The van der Waals surface area contributed by atoms with E-state index in [1.807, 2.05) is 29.1 Å². The van der Waals surface area contributed by atoms with Gasteiger partial charge in [0.2, 0.25) is 0 Å². The van der Waals surface area contributed by atoms with Crippen molar-refractivity contribution in [2.45, 2.75) is 12.6 Å². The molecule has 2 N–H and O–H groups in total. The van der Waals surface area contributed by atoms with E-state index in [0.29, 0.717) is 6.54 Å². The fourth-order valence-corrected chi connectivity index (χ4v) is 1.32. The van der Waals surface area contributed by atoms with Gasteiger partial charge in [-0.15, -0.1) is 0 Å². The van der Waals surface area contributed by atoms with Crippen molar-refractivity contribution in [2.75, 3.05) is 6.61 Å². The molecule has 0 saturated carbocycles. The van der Waals surface area contributed by atoms with Gasteiger partial charge in [0, 0.05) is 6.07 Å². The first-order chi connectivity index (χ1) is 5.72. The highest BCUT2D eigenvalue weighted by Crippen LogP contribution is 2.03. The molecule has 1 unspecified atom stereocenters. The number of hydrogen-bond donors (Lipinski definition) is 2. The van der Waals surface area contributed by atoms with Crippen LogP contribution in [-0.4, -0.2) is 22.9 Å². The molecular weight excluding hydrogens is 222 g/mol. The van der Waals surface area contributed by atoms with E-state index in [0.717, 1.165) is 4.47 Å². The quantitative estimate of drug-likeness (QED) is 0.726. The highest BCUT2D eigenvalue weighted by atomic mass is 79.9. The lowest BCUT2D eigenvalue weighted by Gasteiger charge is -2.01. The summed E-state index contributed by atoms with van der Waals surface area (Å²) in [7, 11) is 0. The van der Waals surface area contributed by atoms with Crippen LogP contribution in [0, 0.1) is 0 Å². The summed E-state index contributed by atoms with van der Waals surface area (Å²) in [6, 6.07) is 3.77. The van der Waals surface area contributed by atoms with Crippen LogP contribution in [0.4, 0.5) is 0 Å². The van der Waals surface area contributed by atoms with E-state index in [-0.39, 0.29) is 6.61 Å². The Kier molecular flexibility index (Phi) is 3.65. The number of aromatic nitrogens is 1. The van der Waals surface area contributed by atoms with Crippen LogP contribution in [0.25, 0.3) is 0 Å². The van der Waals surface area contributed by atoms with E-state index in [9.17, 15) is 0 Å². The molecule has 0 aromatic carbocycles.